The predicted molar refractivity (Wildman–Crippen MR) is 96.4 cm³/mol. The minimum atomic E-state index is -0.121. The predicted octanol–water partition coefficient (Wildman–Crippen LogP) is 3.26. The van der Waals surface area contributed by atoms with E-state index in [1.165, 1.54) is 12.8 Å². The highest BCUT2D eigenvalue weighted by Crippen LogP contribution is 2.25. The molecule has 128 valence electrons. The molecule has 0 saturated carbocycles. The van der Waals surface area contributed by atoms with E-state index in [-0.39, 0.29) is 5.91 Å². The number of rotatable bonds is 3. The fraction of sp³-hybridized carbons (Fsp3) is 0.316. The molecule has 3 heterocycles. The number of carbonyl (C=O) groups excluding carboxylic acids is 1. The topological polar surface area (TPSA) is 64.7 Å². The number of aryl methyl sites for hydroxylation is 2. The lowest BCUT2D eigenvalue weighted by atomic mass is 10.2. The normalized spacial score (nSPS) is 14.0. The van der Waals surface area contributed by atoms with Gasteiger partial charge in [-0.25, -0.2) is 0 Å². The van der Waals surface area contributed by atoms with Gasteiger partial charge in [0.2, 0.25) is 0 Å². The number of aromatic nitrogens is 4. The Kier molecular flexibility index (Phi) is 4.09. The third-order valence-corrected chi connectivity index (χ3v) is 4.66. The van der Waals surface area contributed by atoms with Crippen LogP contribution in [0.25, 0.3) is 11.4 Å². The van der Waals surface area contributed by atoms with E-state index in [0.29, 0.717) is 5.69 Å². The van der Waals surface area contributed by atoms with Crippen molar-refractivity contribution in [3.63, 3.8) is 0 Å². The first-order chi connectivity index (χ1) is 12.2. The summed E-state index contributed by atoms with van der Waals surface area (Å²) in [5.41, 5.74) is 2.36. The zero-order valence-corrected chi connectivity index (χ0v) is 14.3. The molecule has 0 atom stereocenters. The van der Waals surface area contributed by atoms with Crippen LogP contribution >= 0.6 is 0 Å². The third-order valence-electron chi connectivity index (χ3n) is 4.66. The van der Waals surface area contributed by atoms with Gasteiger partial charge in [-0.1, -0.05) is 18.6 Å². The zero-order chi connectivity index (χ0) is 17.2. The summed E-state index contributed by atoms with van der Waals surface area (Å²) < 4.78 is 4.02. The number of anilines is 1. The molecule has 0 radical (unpaired) electrons. The molecule has 0 bridgehead atoms. The number of benzene rings is 1. The van der Waals surface area contributed by atoms with Gasteiger partial charge in [0.1, 0.15) is 11.5 Å². The molecule has 0 saturated heterocycles. The summed E-state index contributed by atoms with van der Waals surface area (Å²) in [6.07, 6.45) is 6.40. The number of nitrogens with one attached hydrogen (secondary N) is 1. The summed E-state index contributed by atoms with van der Waals surface area (Å²) >= 11 is 0. The Balaban J connectivity index is 1.61. The van der Waals surface area contributed by atoms with Gasteiger partial charge in [-0.05, 0) is 37.1 Å². The summed E-state index contributed by atoms with van der Waals surface area (Å²) in [6, 6.07) is 11.5. The molecule has 1 amide bonds. The highest BCUT2D eigenvalue weighted by Gasteiger charge is 2.16. The Hall–Kier alpha value is -2.89. The Morgan fingerprint density at radius 2 is 2.04 bits per heavy atom. The Morgan fingerprint density at radius 3 is 2.88 bits per heavy atom. The standard InChI is InChI=1S/C19H21N5O/c1-23-11-6-9-16(23)19(25)20-15-8-5-7-14(13-15)18-22-21-17-10-3-2-4-12-24(17)18/h5-9,11,13H,2-4,10,12H2,1H3,(H,20,25). The molecule has 0 fully saturated rings. The van der Waals surface area contributed by atoms with Gasteiger partial charge in [-0.3, -0.25) is 4.79 Å². The van der Waals surface area contributed by atoms with Crippen molar-refractivity contribution in [2.24, 2.45) is 7.05 Å². The fourth-order valence-corrected chi connectivity index (χ4v) is 3.33. The van der Waals surface area contributed by atoms with Crippen LogP contribution in [0.3, 0.4) is 0 Å². The summed E-state index contributed by atoms with van der Waals surface area (Å²) in [5.74, 6) is 1.82. The second-order valence-electron chi connectivity index (χ2n) is 6.44. The molecule has 2 aromatic heterocycles. The average Bonchev–Trinajstić information content (AvgIpc) is 3.15. The van der Waals surface area contributed by atoms with Crippen LogP contribution in [0.1, 0.15) is 35.6 Å². The van der Waals surface area contributed by atoms with Gasteiger partial charge < -0.3 is 14.5 Å². The smallest absolute Gasteiger partial charge is 0.272 e. The van der Waals surface area contributed by atoms with Crippen LogP contribution in [0.5, 0.6) is 0 Å². The first-order valence-electron chi connectivity index (χ1n) is 8.67. The third kappa shape index (κ3) is 3.07. The van der Waals surface area contributed by atoms with E-state index in [1.807, 2.05) is 43.6 Å². The van der Waals surface area contributed by atoms with Crippen molar-refractivity contribution >= 4 is 11.6 Å². The van der Waals surface area contributed by atoms with E-state index >= 15 is 0 Å². The van der Waals surface area contributed by atoms with Crippen LogP contribution in [-0.4, -0.2) is 25.2 Å². The van der Waals surface area contributed by atoms with Crippen molar-refractivity contribution in [2.75, 3.05) is 5.32 Å². The molecule has 6 heteroatoms. The number of fused-ring (bicyclic) bond motifs is 1. The molecular formula is C19H21N5O. The summed E-state index contributed by atoms with van der Waals surface area (Å²) in [6.45, 7) is 0.956. The number of hydrogen-bond acceptors (Lipinski definition) is 3. The average molecular weight is 335 g/mol. The van der Waals surface area contributed by atoms with Crippen LogP contribution < -0.4 is 5.32 Å². The molecular weight excluding hydrogens is 314 g/mol. The highest BCUT2D eigenvalue weighted by molar-refractivity contribution is 6.03. The van der Waals surface area contributed by atoms with E-state index in [2.05, 4.69) is 20.1 Å². The second-order valence-corrected chi connectivity index (χ2v) is 6.44. The maximum Gasteiger partial charge on any atom is 0.272 e. The van der Waals surface area contributed by atoms with Crippen molar-refractivity contribution in [3.8, 4) is 11.4 Å². The van der Waals surface area contributed by atoms with E-state index in [4.69, 9.17) is 0 Å². The van der Waals surface area contributed by atoms with Crippen LogP contribution in [0.2, 0.25) is 0 Å². The Labute approximate surface area is 146 Å². The Bertz CT molecular complexity index is 908. The molecule has 4 rings (SSSR count). The van der Waals surface area contributed by atoms with Crippen LogP contribution in [-0.2, 0) is 20.0 Å². The van der Waals surface area contributed by atoms with Gasteiger partial charge in [0.25, 0.3) is 5.91 Å². The van der Waals surface area contributed by atoms with E-state index < -0.39 is 0 Å². The van der Waals surface area contributed by atoms with Crippen LogP contribution in [0, 0.1) is 0 Å². The summed E-state index contributed by atoms with van der Waals surface area (Å²) in [5, 5.41) is 11.7. The lowest BCUT2D eigenvalue weighted by molar-refractivity contribution is 0.101. The minimum Gasteiger partial charge on any atom is -0.347 e. The van der Waals surface area contributed by atoms with Crippen molar-refractivity contribution in [1.29, 1.82) is 0 Å². The first-order valence-corrected chi connectivity index (χ1v) is 8.67. The maximum absolute atomic E-state index is 12.4. The monoisotopic (exact) mass is 335 g/mol. The van der Waals surface area contributed by atoms with Gasteiger partial charge in [0, 0.05) is 37.5 Å². The summed E-state index contributed by atoms with van der Waals surface area (Å²) in [7, 11) is 1.86. The lowest BCUT2D eigenvalue weighted by Crippen LogP contribution is -2.15. The van der Waals surface area contributed by atoms with Crippen LogP contribution in [0.15, 0.2) is 42.6 Å². The van der Waals surface area contributed by atoms with Gasteiger partial charge in [-0.15, -0.1) is 10.2 Å². The molecule has 1 aromatic carbocycles. The van der Waals surface area contributed by atoms with Crippen molar-refractivity contribution < 1.29 is 4.79 Å². The van der Waals surface area contributed by atoms with E-state index in [1.54, 1.807) is 10.6 Å². The van der Waals surface area contributed by atoms with Crippen molar-refractivity contribution in [3.05, 3.63) is 54.1 Å². The largest absolute Gasteiger partial charge is 0.347 e. The highest BCUT2D eigenvalue weighted by atomic mass is 16.1. The van der Waals surface area contributed by atoms with Crippen LogP contribution in [0.4, 0.5) is 5.69 Å². The van der Waals surface area contributed by atoms with Crippen molar-refractivity contribution in [2.45, 2.75) is 32.2 Å². The lowest BCUT2D eigenvalue weighted by Gasteiger charge is -2.10. The number of amides is 1. The molecule has 1 aliphatic rings. The zero-order valence-electron chi connectivity index (χ0n) is 14.3. The molecule has 0 spiro atoms. The maximum atomic E-state index is 12.4. The van der Waals surface area contributed by atoms with Gasteiger partial charge in [0.15, 0.2) is 5.82 Å². The second kappa shape index (κ2) is 6.55. The van der Waals surface area contributed by atoms with E-state index in [0.717, 1.165) is 42.3 Å². The summed E-state index contributed by atoms with van der Waals surface area (Å²) in [4.78, 5) is 12.4. The SMILES string of the molecule is Cn1cccc1C(=O)Nc1cccc(-c2nnc3n2CCCCC3)c1. The molecule has 6 nitrogen and oxygen atoms in total. The van der Waals surface area contributed by atoms with Gasteiger partial charge >= 0.3 is 0 Å². The number of carbonyl (C=O) groups is 1. The quantitative estimate of drug-likeness (QED) is 0.799. The number of hydrogen-bond donors (Lipinski definition) is 1. The molecule has 0 unspecified atom stereocenters. The number of nitrogens with zero attached hydrogens (tertiary/aromatic N) is 4. The van der Waals surface area contributed by atoms with Gasteiger partial charge in [0.05, 0.1) is 0 Å². The molecule has 0 aliphatic carbocycles. The minimum absolute atomic E-state index is 0.121. The van der Waals surface area contributed by atoms with Gasteiger partial charge in [-0.2, -0.15) is 0 Å². The fourth-order valence-electron chi connectivity index (χ4n) is 3.33. The van der Waals surface area contributed by atoms with Crippen molar-refractivity contribution in [1.82, 2.24) is 19.3 Å². The molecule has 1 aliphatic heterocycles. The molecule has 1 N–H and O–H groups in total. The molecule has 3 aromatic rings. The van der Waals surface area contributed by atoms with E-state index in [9.17, 15) is 4.79 Å². The first kappa shape index (κ1) is 15.6. The molecule has 25 heavy (non-hydrogen) atoms. The Morgan fingerprint density at radius 1 is 1.12 bits per heavy atom.